The fourth-order valence-corrected chi connectivity index (χ4v) is 1.40. The fraction of sp³-hybridized carbons (Fsp3) is 0.333. The van der Waals surface area contributed by atoms with Crippen molar-refractivity contribution in [2.45, 2.75) is 20.8 Å². The SMILES string of the molecule is CC.Cc1nc2c(Br)cccn2n1. The van der Waals surface area contributed by atoms with Gasteiger partial charge in [-0.1, -0.05) is 13.8 Å². The molecule has 0 radical (unpaired) electrons. The molecule has 0 aromatic carbocycles. The summed E-state index contributed by atoms with van der Waals surface area (Å²) in [4.78, 5) is 4.22. The van der Waals surface area contributed by atoms with Gasteiger partial charge in [0.15, 0.2) is 5.65 Å². The molecular weight excluding hydrogens is 230 g/mol. The number of aromatic nitrogens is 3. The molecule has 0 saturated heterocycles. The Labute approximate surface area is 85.9 Å². The maximum atomic E-state index is 4.22. The topological polar surface area (TPSA) is 30.2 Å². The van der Waals surface area contributed by atoms with Gasteiger partial charge in [0.05, 0.1) is 4.47 Å². The van der Waals surface area contributed by atoms with Crippen LogP contribution in [0.25, 0.3) is 5.65 Å². The van der Waals surface area contributed by atoms with E-state index in [4.69, 9.17) is 0 Å². The average Bonchev–Trinajstić information content (AvgIpc) is 2.51. The van der Waals surface area contributed by atoms with Gasteiger partial charge in [-0.3, -0.25) is 0 Å². The van der Waals surface area contributed by atoms with E-state index in [1.54, 1.807) is 4.52 Å². The van der Waals surface area contributed by atoms with Gasteiger partial charge in [-0.15, -0.1) is 0 Å². The van der Waals surface area contributed by atoms with Gasteiger partial charge in [-0.05, 0) is 35.0 Å². The van der Waals surface area contributed by atoms with Crippen molar-refractivity contribution < 1.29 is 0 Å². The molecule has 3 nitrogen and oxygen atoms in total. The predicted octanol–water partition coefficient (Wildman–Crippen LogP) is 2.83. The molecule has 4 heteroatoms. The molecule has 0 aliphatic heterocycles. The van der Waals surface area contributed by atoms with E-state index >= 15 is 0 Å². The first-order valence-corrected chi connectivity index (χ1v) is 5.04. The largest absolute Gasteiger partial charge is 0.220 e. The van der Waals surface area contributed by atoms with Gasteiger partial charge in [-0.25, -0.2) is 9.50 Å². The molecule has 0 unspecified atom stereocenters. The summed E-state index contributed by atoms with van der Waals surface area (Å²) in [6, 6.07) is 3.87. The summed E-state index contributed by atoms with van der Waals surface area (Å²) in [5.41, 5.74) is 0.866. The molecule has 70 valence electrons. The summed E-state index contributed by atoms with van der Waals surface area (Å²) in [6.45, 7) is 5.87. The molecule has 2 aromatic rings. The van der Waals surface area contributed by atoms with Crippen LogP contribution in [0.5, 0.6) is 0 Å². The quantitative estimate of drug-likeness (QED) is 0.711. The van der Waals surface area contributed by atoms with Crippen LogP contribution in [0.4, 0.5) is 0 Å². The molecule has 0 aliphatic carbocycles. The second kappa shape index (κ2) is 4.37. The van der Waals surface area contributed by atoms with Gasteiger partial charge in [0.1, 0.15) is 5.82 Å². The predicted molar refractivity (Wildman–Crippen MR) is 56.8 cm³/mol. The zero-order valence-electron chi connectivity index (χ0n) is 7.95. The molecule has 0 spiro atoms. The summed E-state index contributed by atoms with van der Waals surface area (Å²) < 4.78 is 2.72. The van der Waals surface area contributed by atoms with Crippen LogP contribution in [0, 0.1) is 6.92 Å². The van der Waals surface area contributed by atoms with E-state index in [1.807, 2.05) is 39.1 Å². The van der Waals surface area contributed by atoms with Crippen molar-refractivity contribution in [2.75, 3.05) is 0 Å². The summed E-state index contributed by atoms with van der Waals surface area (Å²) in [5.74, 6) is 0.789. The van der Waals surface area contributed by atoms with Crippen molar-refractivity contribution in [3.8, 4) is 0 Å². The normalized spacial score (nSPS) is 9.54. The summed E-state index contributed by atoms with van der Waals surface area (Å²) in [6.07, 6.45) is 1.88. The lowest BCUT2D eigenvalue weighted by molar-refractivity contribution is 0.929. The number of rotatable bonds is 0. The molecule has 0 N–H and O–H groups in total. The third kappa shape index (κ3) is 2.06. The Hall–Kier alpha value is -0.900. The highest BCUT2D eigenvalue weighted by Crippen LogP contribution is 2.14. The summed E-state index contributed by atoms with van der Waals surface area (Å²) >= 11 is 3.39. The lowest BCUT2D eigenvalue weighted by Gasteiger charge is -1.90. The van der Waals surface area contributed by atoms with Crippen LogP contribution < -0.4 is 0 Å². The number of nitrogens with zero attached hydrogens (tertiary/aromatic N) is 3. The minimum absolute atomic E-state index is 0.789. The highest BCUT2D eigenvalue weighted by atomic mass is 79.9. The fourth-order valence-electron chi connectivity index (χ4n) is 0.980. The van der Waals surface area contributed by atoms with Crippen LogP contribution in [-0.4, -0.2) is 14.6 Å². The van der Waals surface area contributed by atoms with Crippen molar-refractivity contribution in [2.24, 2.45) is 0 Å². The van der Waals surface area contributed by atoms with Crippen LogP contribution in [0.1, 0.15) is 19.7 Å². The van der Waals surface area contributed by atoms with Gasteiger partial charge in [0.2, 0.25) is 0 Å². The van der Waals surface area contributed by atoms with Crippen molar-refractivity contribution >= 4 is 21.6 Å². The smallest absolute Gasteiger partial charge is 0.169 e. The minimum atomic E-state index is 0.789. The lowest BCUT2D eigenvalue weighted by atomic mass is 10.5. The number of aryl methyl sites for hydroxylation is 1. The van der Waals surface area contributed by atoms with Gasteiger partial charge >= 0.3 is 0 Å². The van der Waals surface area contributed by atoms with E-state index in [9.17, 15) is 0 Å². The second-order valence-corrected chi connectivity index (χ2v) is 3.14. The Kier molecular flexibility index (Phi) is 3.42. The van der Waals surface area contributed by atoms with Gasteiger partial charge < -0.3 is 0 Å². The Balaban J connectivity index is 0.000000396. The van der Waals surface area contributed by atoms with E-state index in [2.05, 4.69) is 26.0 Å². The zero-order valence-corrected chi connectivity index (χ0v) is 9.54. The summed E-state index contributed by atoms with van der Waals surface area (Å²) in [7, 11) is 0. The number of hydrogen-bond acceptors (Lipinski definition) is 2. The first kappa shape index (κ1) is 10.2. The second-order valence-electron chi connectivity index (χ2n) is 2.28. The van der Waals surface area contributed by atoms with Gasteiger partial charge in [-0.2, -0.15) is 5.10 Å². The molecule has 2 rings (SSSR count). The van der Waals surface area contributed by atoms with Gasteiger partial charge in [0, 0.05) is 6.20 Å². The van der Waals surface area contributed by atoms with Crippen LogP contribution in [0.3, 0.4) is 0 Å². The van der Waals surface area contributed by atoms with Crippen molar-refractivity contribution in [1.29, 1.82) is 0 Å². The molecule has 13 heavy (non-hydrogen) atoms. The highest BCUT2D eigenvalue weighted by Gasteiger charge is 2.00. The van der Waals surface area contributed by atoms with Crippen LogP contribution in [0.15, 0.2) is 22.8 Å². The van der Waals surface area contributed by atoms with E-state index in [0.717, 1.165) is 15.9 Å². The Morgan fingerprint density at radius 3 is 2.69 bits per heavy atom. The molecular formula is C9H12BrN3. The molecule has 0 fully saturated rings. The van der Waals surface area contributed by atoms with E-state index < -0.39 is 0 Å². The number of hydrogen-bond donors (Lipinski definition) is 0. The average molecular weight is 242 g/mol. The third-order valence-corrected chi connectivity index (χ3v) is 2.04. The van der Waals surface area contributed by atoms with Crippen LogP contribution in [0.2, 0.25) is 0 Å². The minimum Gasteiger partial charge on any atom is -0.220 e. The molecule has 0 saturated carbocycles. The van der Waals surface area contributed by atoms with Crippen molar-refractivity contribution in [1.82, 2.24) is 14.6 Å². The van der Waals surface area contributed by atoms with E-state index in [1.165, 1.54) is 0 Å². The molecule has 0 bridgehead atoms. The van der Waals surface area contributed by atoms with Gasteiger partial charge in [0.25, 0.3) is 0 Å². The molecule has 2 aromatic heterocycles. The molecule has 0 amide bonds. The Morgan fingerprint density at radius 2 is 2.08 bits per heavy atom. The lowest BCUT2D eigenvalue weighted by Crippen LogP contribution is -1.85. The highest BCUT2D eigenvalue weighted by molar-refractivity contribution is 9.10. The van der Waals surface area contributed by atoms with Crippen molar-refractivity contribution in [3.63, 3.8) is 0 Å². The Morgan fingerprint density at radius 1 is 1.38 bits per heavy atom. The standard InChI is InChI=1S/C7H6BrN3.C2H6/c1-5-9-7-6(8)3-2-4-11(7)10-5;1-2/h2-4H,1H3;1-2H3. The maximum absolute atomic E-state index is 4.22. The Bertz CT molecular complexity index is 395. The summed E-state index contributed by atoms with van der Waals surface area (Å²) in [5, 5.41) is 4.15. The van der Waals surface area contributed by atoms with E-state index in [0.29, 0.717) is 0 Å². The first-order valence-electron chi connectivity index (χ1n) is 4.25. The molecule has 0 aliphatic rings. The van der Waals surface area contributed by atoms with Crippen molar-refractivity contribution in [3.05, 3.63) is 28.6 Å². The maximum Gasteiger partial charge on any atom is 0.169 e. The zero-order chi connectivity index (χ0) is 9.84. The number of fused-ring (bicyclic) bond motifs is 1. The van der Waals surface area contributed by atoms with E-state index in [-0.39, 0.29) is 0 Å². The first-order chi connectivity index (χ1) is 6.27. The third-order valence-electron chi connectivity index (χ3n) is 1.42. The van der Waals surface area contributed by atoms with Crippen LogP contribution in [-0.2, 0) is 0 Å². The monoisotopic (exact) mass is 241 g/mol. The number of halogens is 1. The van der Waals surface area contributed by atoms with Crippen LogP contribution >= 0.6 is 15.9 Å². The molecule has 2 heterocycles. The molecule has 0 atom stereocenters. The number of pyridine rings is 1.